The molecule has 2 heterocycles. The van der Waals surface area contributed by atoms with E-state index in [2.05, 4.69) is 24.8 Å². The van der Waals surface area contributed by atoms with Crippen LogP contribution in [0, 0.1) is 5.82 Å². The minimum absolute atomic E-state index is 0.172. The van der Waals surface area contributed by atoms with E-state index in [0.717, 1.165) is 50.5 Å². The summed E-state index contributed by atoms with van der Waals surface area (Å²) in [5, 5.41) is 0. The third-order valence-electron chi connectivity index (χ3n) is 5.19. The van der Waals surface area contributed by atoms with Gasteiger partial charge in [-0.3, -0.25) is 0 Å². The van der Waals surface area contributed by atoms with Gasteiger partial charge in [0.15, 0.2) is 5.96 Å². The highest BCUT2D eigenvalue weighted by molar-refractivity contribution is 5.78. The number of aliphatic imine (C=N–C) groups is 1. The van der Waals surface area contributed by atoms with E-state index < -0.39 is 0 Å². The molecule has 1 aliphatic heterocycles. The van der Waals surface area contributed by atoms with Crippen molar-refractivity contribution in [3.05, 3.63) is 54.1 Å². The van der Waals surface area contributed by atoms with Gasteiger partial charge in [0.1, 0.15) is 5.82 Å². The SMILES string of the molecule is NC(=NC1CC(c2cccc(F)c2)C1)N1CCN(c2ncccn2)CC1. The molecule has 6 nitrogen and oxygen atoms in total. The molecule has 2 N–H and O–H groups in total. The van der Waals surface area contributed by atoms with Crippen molar-refractivity contribution in [2.75, 3.05) is 31.1 Å². The second kappa shape index (κ2) is 7.27. The predicted octanol–water partition coefficient (Wildman–Crippen LogP) is 2.00. The predicted molar refractivity (Wildman–Crippen MR) is 99.6 cm³/mol. The zero-order valence-electron chi connectivity index (χ0n) is 14.6. The Balaban J connectivity index is 1.28. The number of aromatic nitrogens is 2. The zero-order valence-corrected chi connectivity index (χ0v) is 14.6. The molecule has 2 fully saturated rings. The monoisotopic (exact) mass is 354 g/mol. The van der Waals surface area contributed by atoms with Crippen molar-refractivity contribution in [2.45, 2.75) is 24.8 Å². The summed E-state index contributed by atoms with van der Waals surface area (Å²) in [7, 11) is 0. The molecular formula is C19H23FN6. The van der Waals surface area contributed by atoms with Gasteiger partial charge in [-0.2, -0.15) is 0 Å². The number of hydrogen-bond donors (Lipinski definition) is 1. The number of guanidine groups is 1. The summed E-state index contributed by atoms with van der Waals surface area (Å²) in [6.07, 6.45) is 5.39. The summed E-state index contributed by atoms with van der Waals surface area (Å²) in [4.78, 5) is 17.5. The lowest BCUT2D eigenvalue weighted by Gasteiger charge is -2.37. The lowest BCUT2D eigenvalue weighted by atomic mass is 9.76. The van der Waals surface area contributed by atoms with Gasteiger partial charge in [-0.1, -0.05) is 12.1 Å². The number of halogens is 1. The molecule has 1 aromatic carbocycles. The number of nitrogens with two attached hydrogens (primary N) is 1. The van der Waals surface area contributed by atoms with Crippen molar-refractivity contribution in [3.8, 4) is 0 Å². The van der Waals surface area contributed by atoms with E-state index in [-0.39, 0.29) is 11.9 Å². The number of rotatable bonds is 3. The lowest BCUT2D eigenvalue weighted by Crippen LogP contribution is -2.52. The van der Waals surface area contributed by atoms with Crippen LogP contribution >= 0.6 is 0 Å². The van der Waals surface area contributed by atoms with Crippen molar-refractivity contribution in [1.29, 1.82) is 0 Å². The first kappa shape index (κ1) is 16.8. The van der Waals surface area contributed by atoms with Crippen LogP contribution in [0.3, 0.4) is 0 Å². The summed E-state index contributed by atoms with van der Waals surface area (Å²) in [5.74, 6) is 1.59. The molecule has 4 rings (SSSR count). The Kier molecular flexibility index (Phi) is 4.69. The summed E-state index contributed by atoms with van der Waals surface area (Å²) in [5.41, 5.74) is 7.28. The van der Waals surface area contributed by atoms with E-state index in [1.165, 1.54) is 6.07 Å². The van der Waals surface area contributed by atoms with Gasteiger partial charge in [0.05, 0.1) is 6.04 Å². The number of piperazine rings is 1. The Hall–Kier alpha value is -2.70. The van der Waals surface area contributed by atoms with E-state index in [4.69, 9.17) is 5.73 Å². The molecule has 0 spiro atoms. The Morgan fingerprint density at radius 1 is 1.08 bits per heavy atom. The van der Waals surface area contributed by atoms with Crippen molar-refractivity contribution in [1.82, 2.24) is 14.9 Å². The quantitative estimate of drug-likeness (QED) is 0.674. The van der Waals surface area contributed by atoms with Crippen LogP contribution in [0.15, 0.2) is 47.7 Å². The third-order valence-corrected chi connectivity index (χ3v) is 5.19. The third kappa shape index (κ3) is 3.61. The lowest BCUT2D eigenvalue weighted by molar-refractivity contribution is 0.336. The Morgan fingerprint density at radius 3 is 2.50 bits per heavy atom. The largest absolute Gasteiger partial charge is 0.370 e. The molecule has 7 heteroatoms. The second-order valence-corrected chi connectivity index (χ2v) is 6.89. The minimum Gasteiger partial charge on any atom is -0.370 e. The minimum atomic E-state index is -0.172. The van der Waals surface area contributed by atoms with Gasteiger partial charge >= 0.3 is 0 Å². The zero-order chi connectivity index (χ0) is 17.9. The second-order valence-electron chi connectivity index (χ2n) is 6.89. The molecule has 2 aromatic rings. The first-order chi connectivity index (χ1) is 12.7. The molecular weight excluding hydrogens is 331 g/mol. The number of nitrogens with zero attached hydrogens (tertiary/aromatic N) is 5. The topological polar surface area (TPSA) is 70.6 Å². The molecule has 0 atom stereocenters. The fourth-order valence-electron chi connectivity index (χ4n) is 3.58. The Bertz CT molecular complexity index is 767. The smallest absolute Gasteiger partial charge is 0.225 e. The molecule has 2 aliphatic rings. The van der Waals surface area contributed by atoms with Crippen LogP contribution in [-0.2, 0) is 0 Å². The van der Waals surface area contributed by atoms with Gasteiger partial charge in [0.2, 0.25) is 5.95 Å². The fourth-order valence-corrected chi connectivity index (χ4v) is 3.58. The average Bonchev–Trinajstić information content (AvgIpc) is 2.65. The van der Waals surface area contributed by atoms with Gasteiger partial charge in [0.25, 0.3) is 0 Å². The molecule has 0 radical (unpaired) electrons. The Labute approximate surface area is 152 Å². The number of benzene rings is 1. The highest BCUT2D eigenvalue weighted by Gasteiger charge is 2.31. The van der Waals surface area contributed by atoms with Gasteiger partial charge in [-0.05, 0) is 42.5 Å². The first-order valence-electron chi connectivity index (χ1n) is 9.04. The van der Waals surface area contributed by atoms with Crippen LogP contribution in [-0.4, -0.2) is 53.0 Å². The van der Waals surface area contributed by atoms with Crippen LogP contribution in [0.25, 0.3) is 0 Å². The molecule has 0 amide bonds. The highest BCUT2D eigenvalue weighted by atomic mass is 19.1. The van der Waals surface area contributed by atoms with Crippen molar-refractivity contribution in [3.63, 3.8) is 0 Å². The van der Waals surface area contributed by atoms with Gasteiger partial charge in [0, 0.05) is 38.6 Å². The summed E-state index contributed by atoms with van der Waals surface area (Å²) < 4.78 is 13.3. The van der Waals surface area contributed by atoms with E-state index in [1.54, 1.807) is 24.5 Å². The normalized spacial score (nSPS) is 23.7. The molecule has 1 aromatic heterocycles. The van der Waals surface area contributed by atoms with Crippen LogP contribution in [0.2, 0.25) is 0 Å². The fraction of sp³-hybridized carbons (Fsp3) is 0.421. The van der Waals surface area contributed by atoms with Gasteiger partial charge in [-0.15, -0.1) is 0 Å². The maximum Gasteiger partial charge on any atom is 0.225 e. The molecule has 136 valence electrons. The molecule has 1 aliphatic carbocycles. The van der Waals surface area contributed by atoms with Gasteiger partial charge in [-0.25, -0.2) is 19.4 Å². The van der Waals surface area contributed by atoms with Crippen LogP contribution in [0.1, 0.15) is 24.3 Å². The van der Waals surface area contributed by atoms with Crippen molar-refractivity contribution >= 4 is 11.9 Å². The van der Waals surface area contributed by atoms with Gasteiger partial charge < -0.3 is 15.5 Å². The molecule has 1 saturated carbocycles. The van der Waals surface area contributed by atoms with Crippen LogP contribution in [0.5, 0.6) is 0 Å². The average molecular weight is 354 g/mol. The molecule has 0 unspecified atom stereocenters. The number of hydrogen-bond acceptors (Lipinski definition) is 4. The Morgan fingerprint density at radius 2 is 1.81 bits per heavy atom. The van der Waals surface area contributed by atoms with Crippen LogP contribution in [0.4, 0.5) is 10.3 Å². The van der Waals surface area contributed by atoms with E-state index >= 15 is 0 Å². The standard InChI is InChI=1S/C19H23FN6/c20-16-4-1-3-14(11-16)15-12-17(13-15)24-18(21)25-7-9-26(10-8-25)19-22-5-2-6-23-19/h1-6,11,15,17H,7-10,12-13H2,(H2,21,24). The van der Waals surface area contributed by atoms with E-state index in [0.29, 0.717) is 11.9 Å². The van der Waals surface area contributed by atoms with Crippen molar-refractivity contribution < 1.29 is 4.39 Å². The van der Waals surface area contributed by atoms with E-state index in [1.807, 2.05) is 12.1 Å². The summed E-state index contributed by atoms with van der Waals surface area (Å²) in [6, 6.07) is 8.92. The molecule has 0 bridgehead atoms. The van der Waals surface area contributed by atoms with Crippen molar-refractivity contribution in [2.24, 2.45) is 10.7 Å². The maximum absolute atomic E-state index is 13.3. The number of anilines is 1. The first-order valence-corrected chi connectivity index (χ1v) is 9.04. The summed E-state index contributed by atoms with van der Waals surface area (Å²) >= 11 is 0. The molecule has 26 heavy (non-hydrogen) atoms. The summed E-state index contributed by atoms with van der Waals surface area (Å²) in [6.45, 7) is 3.29. The molecule has 1 saturated heterocycles. The van der Waals surface area contributed by atoms with Crippen LogP contribution < -0.4 is 10.6 Å². The highest BCUT2D eigenvalue weighted by Crippen LogP contribution is 2.39. The maximum atomic E-state index is 13.3. The van der Waals surface area contributed by atoms with E-state index in [9.17, 15) is 4.39 Å².